The second-order valence-corrected chi connectivity index (χ2v) is 7.62. The fourth-order valence-corrected chi connectivity index (χ4v) is 3.07. The van der Waals surface area contributed by atoms with Gasteiger partial charge < -0.3 is 15.2 Å². The number of nitrogens with zero attached hydrogens (tertiary/aromatic N) is 3. The zero-order valence-electron chi connectivity index (χ0n) is 14.0. The number of sulfone groups is 1. The number of ether oxygens (including phenoxy) is 1. The van der Waals surface area contributed by atoms with Gasteiger partial charge in [0.15, 0.2) is 22.6 Å². The maximum atomic E-state index is 12.9. The van der Waals surface area contributed by atoms with E-state index in [1.54, 1.807) is 0 Å². The summed E-state index contributed by atoms with van der Waals surface area (Å²) in [6, 6.07) is 3.83. The van der Waals surface area contributed by atoms with Gasteiger partial charge in [-0.1, -0.05) is 6.92 Å². The van der Waals surface area contributed by atoms with E-state index in [-0.39, 0.29) is 10.5 Å². The summed E-state index contributed by atoms with van der Waals surface area (Å²) in [6.45, 7) is -0.845. The standard InChI is InChI=1S/C14H12F5N3O5S/c1-2-28(25,26)10-4-3-7-21(23)12(10)9-5-6-11(22(24)20-9)27-8-13(15,16)14(17,18)19/h3-7H,2,8H2,1H3. The lowest BCUT2D eigenvalue weighted by molar-refractivity contribution is -0.675. The van der Waals surface area contributed by atoms with E-state index < -0.39 is 55.6 Å². The second kappa shape index (κ2) is 7.33. The predicted molar refractivity (Wildman–Crippen MR) is 81.8 cm³/mol. The molecule has 0 spiro atoms. The average molecular weight is 429 g/mol. The van der Waals surface area contributed by atoms with Crippen LogP contribution in [0.15, 0.2) is 35.4 Å². The second-order valence-electron chi connectivity index (χ2n) is 5.37. The number of hydrogen-bond acceptors (Lipinski definition) is 6. The zero-order valence-corrected chi connectivity index (χ0v) is 14.8. The molecule has 0 aliphatic rings. The number of rotatable bonds is 6. The fourth-order valence-electron chi connectivity index (χ4n) is 1.99. The molecule has 0 aliphatic carbocycles. The van der Waals surface area contributed by atoms with Gasteiger partial charge in [-0.2, -0.15) is 26.7 Å². The highest BCUT2D eigenvalue weighted by Gasteiger charge is 2.58. The monoisotopic (exact) mass is 429 g/mol. The Morgan fingerprint density at radius 1 is 1.14 bits per heavy atom. The van der Waals surface area contributed by atoms with Crippen molar-refractivity contribution in [3.63, 3.8) is 0 Å². The largest absolute Gasteiger partial charge is 0.618 e. The summed E-state index contributed by atoms with van der Waals surface area (Å²) in [5.74, 6) is -6.57. The molecule has 0 radical (unpaired) electrons. The van der Waals surface area contributed by atoms with Crippen LogP contribution >= 0.6 is 0 Å². The molecule has 0 saturated carbocycles. The van der Waals surface area contributed by atoms with Gasteiger partial charge in [0.05, 0.1) is 11.8 Å². The topological polar surface area (TPSA) is 110 Å². The van der Waals surface area contributed by atoms with E-state index in [0.717, 1.165) is 24.4 Å². The minimum absolute atomic E-state index is 0.128. The van der Waals surface area contributed by atoms with Gasteiger partial charge in [0.1, 0.15) is 4.90 Å². The molecule has 0 fully saturated rings. The molecule has 28 heavy (non-hydrogen) atoms. The number of alkyl halides is 5. The number of halogens is 5. The van der Waals surface area contributed by atoms with E-state index in [1.165, 1.54) is 6.92 Å². The summed E-state index contributed by atoms with van der Waals surface area (Å²) in [7, 11) is -3.90. The number of aromatic nitrogens is 3. The van der Waals surface area contributed by atoms with Gasteiger partial charge in [-0.25, -0.2) is 8.42 Å². The molecule has 14 heteroatoms. The van der Waals surface area contributed by atoms with Crippen LogP contribution in [0.2, 0.25) is 0 Å². The highest BCUT2D eigenvalue weighted by Crippen LogP contribution is 2.35. The van der Waals surface area contributed by atoms with Crippen molar-refractivity contribution >= 4 is 9.84 Å². The Bertz CT molecular complexity index is 982. The van der Waals surface area contributed by atoms with E-state index in [4.69, 9.17) is 0 Å². The first-order valence-electron chi connectivity index (χ1n) is 7.43. The Morgan fingerprint density at radius 3 is 2.32 bits per heavy atom. The first-order chi connectivity index (χ1) is 12.8. The zero-order chi connectivity index (χ0) is 21.3. The van der Waals surface area contributed by atoms with Crippen LogP contribution in [-0.4, -0.2) is 38.0 Å². The smallest absolute Gasteiger partial charge is 0.456 e. The van der Waals surface area contributed by atoms with Crippen molar-refractivity contribution in [2.45, 2.75) is 23.9 Å². The molecule has 2 aromatic heterocycles. The van der Waals surface area contributed by atoms with Crippen molar-refractivity contribution in [2.75, 3.05) is 12.4 Å². The molecule has 0 aliphatic heterocycles. The molecule has 0 N–H and O–H groups in total. The van der Waals surface area contributed by atoms with Crippen molar-refractivity contribution in [3.8, 4) is 17.3 Å². The minimum atomic E-state index is -5.88. The van der Waals surface area contributed by atoms with Crippen LogP contribution in [0.25, 0.3) is 11.4 Å². The van der Waals surface area contributed by atoms with Gasteiger partial charge in [-0.3, -0.25) is 0 Å². The predicted octanol–water partition coefficient (Wildman–Crippen LogP) is 1.39. The molecule has 0 atom stereocenters. The number of hydrogen-bond donors (Lipinski definition) is 0. The van der Waals surface area contributed by atoms with Crippen LogP contribution in [-0.2, 0) is 9.84 Å². The summed E-state index contributed by atoms with van der Waals surface area (Å²) >= 11 is 0. The maximum Gasteiger partial charge on any atom is 0.456 e. The third kappa shape index (κ3) is 4.21. The Kier molecular flexibility index (Phi) is 5.64. The van der Waals surface area contributed by atoms with Gasteiger partial charge in [-0.05, 0) is 17.0 Å². The van der Waals surface area contributed by atoms with E-state index in [9.17, 15) is 40.8 Å². The first kappa shape index (κ1) is 21.5. The Balaban J connectivity index is 2.42. The van der Waals surface area contributed by atoms with Gasteiger partial charge >= 0.3 is 18.0 Å². The van der Waals surface area contributed by atoms with Gasteiger partial charge in [0, 0.05) is 11.2 Å². The van der Waals surface area contributed by atoms with Crippen molar-refractivity contribution < 1.29 is 44.7 Å². The van der Waals surface area contributed by atoms with Crippen LogP contribution in [0.1, 0.15) is 6.92 Å². The molecule has 8 nitrogen and oxygen atoms in total. The molecule has 2 aromatic rings. The van der Waals surface area contributed by atoms with Crippen LogP contribution in [0.4, 0.5) is 22.0 Å². The van der Waals surface area contributed by atoms with Gasteiger partial charge in [0.2, 0.25) is 5.69 Å². The lowest BCUT2D eigenvalue weighted by Gasteiger charge is -2.18. The van der Waals surface area contributed by atoms with E-state index in [2.05, 4.69) is 9.84 Å². The minimum Gasteiger partial charge on any atom is -0.618 e. The molecule has 154 valence electrons. The van der Waals surface area contributed by atoms with Crippen LogP contribution in [0.3, 0.4) is 0 Å². The molecule has 2 rings (SSSR count). The molecular weight excluding hydrogens is 417 g/mol. The van der Waals surface area contributed by atoms with Crippen LogP contribution < -0.4 is 14.3 Å². The lowest BCUT2D eigenvalue weighted by Crippen LogP contribution is -2.44. The average Bonchev–Trinajstić information content (AvgIpc) is 2.59. The number of pyridine rings is 1. The van der Waals surface area contributed by atoms with Gasteiger partial charge in [0.25, 0.3) is 5.69 Å². The molecule has 0 amide bonds. The van der Waals surface area contributed by atoms with Crippen LogP contribution in [0.5, 0.6) is 5.88 Å². The molecule has 0 unspecified atom stereocenters. The van der Waals surface area contributed by atoms with Crippen molar-refractivity contribution in [1.82, 2.24) is 5.10 Å². The Hall–Kier alpha value is -2.77. The SMILES string of the molecule is CCS(=O)(=O)c1ccc[n+]([O-])c1-c1ccc(OCC(F)(F)C(F)(F)F)[n+]([O-])n1. The first-order valence-corrected chi connectivity index (χ1v) is 9.09. The lowest BCUT2D eigenvalue weighted by atomic mass is 10.2. The molecule has 0 saturated heterocycles. The quantitative estimate of drug-likeness (QED) is 0.390. The Morgan fingerprint density at radius 2 is 1.79 bits per heavy atom. The highest BCUT2D eigenvalue weighted by atomic mass is 32.2. The van der Waals surface area contributed by atoms with E-state index in [0.29, 0.717) is 6.07 Å². The van der Waals surface area contributed by atoms with Crippen molar-refractivity contribution in [3.05, 3.63) is 40.9 Å². The van der Waals surface area contributed by atoms with E-state index >= 15 is 0 Å². The highest BCUT2D eigenvalue weighted by molar-refractivity contribution is 7.91. The third-order valence-electron chi connectivity index (χ3n) is 3.47. The summed E-state index contributed by atoms with van der Waals surface area (Å²) in [5, 5.41) is 27.1. The van der Waals surface area contributed by atoms with Crippen molar-refractivity contribution in [2.24, 2.45) is 0 Å². The van der Waals surface area contributed by atoms with E-state index in [1.807, 2.05) is 0 Å². The molecule has 0 bridgehead atoms. The normalized spacial score (nSPS) is 12.8. The van der Waals surface area contributed by atoms with Gasteiger partial charge in [-0.15, -0.1) is 0 Å². The fraction of sp³-hybridized carbons (Fsp3) is 0.357. The third-order valence-corrected chi connectivity index (χ3v) is 5.23. The molecule has 2 heterocycles. The summed E-state index contributed by atoms with van der Waals surface area (Å²) < 4.78 is 90.7. The summed E-state index contributed by atoms with van der Waals surface area (Å²) in [5.41, 5.74) is -0.964. The molecular formula is C14H12F5N3O5S. The van der Waals surface area contributed by atoms with Crippen LogP contribution in [0, 0.1) is 10.4 Å². The maximum absolute atomic E-state index is 12.9. The molecule has 0 aromatic carbocycles. The van der Waals surface area contributed by atoms with Crippen molar-refractivity contribution in [1.29, 1.82) is 0 Å². The summed E-state index contributed by atoms with van der Waals surface area (Å²) in [6.07, 6.45) is -4.94. The summed E-state index contributed by atoms with van der Waals surface area (Å²) in [4.78, 5) is -0.866. The Labute approximate surface area is 154 Å².